The van der Waals surface area contributed by atoms with Gasteiger partial charge in [-0.25, -0.2) is 4.98 Å². The van der Waals surface area contributed by atoms with Crippen LogP contribution >= 0.6 is 11.6 Å². The normalized spacial score (nSPS) is 10.7. The molecular weight excluding hydrogens is 206 g/mol. The molecule has 0 atom stereocenters. The van der Waals surface area contributed by atoms with Gasteiger partial charge in [-0.05, 0) is 17.7 Å². The highest BCUT2D eigenvalue weighted by atomic mass is 35.5. The van der Waals surface area contributed by atoms with E-state index >= 15 is 0 Å². The van der Waals surface area contributed by atoms with Crippen LogP contribution in [0.3, 0.4) is 0 Å². The summed E-state index contributed by atoms with van der Waals surface area (Å²) in [6.45, 7) is 0. The third-order valence-corrected chi connectivity index (χ3v) is 2.36. The first-order valence-electron chi connectivity index (χ1n) is 3.86. The number of aromatic nitrogens is 2. The summed E-state index contributed by atoms with van der Waals surface area (Å²) in [6, 6.07) is 4.47. The molecular formula is C8H6ClN3O2. The Morgan fingerprint density at radius 1 is 1.57 bits per heavy atom. The van der Waals surface area contributed by atoms with Gasteiger partial charge in [0.05, 0.1) is 16.0 Å². The number of rotatable bonds is 1. The topological polar surface area (TPSA) is 61.0 Å². The van der Waals surface area contributed by atoms with Crippen molar-refractivity contribution in [3.63, 3.8) is 0 Å². The molecule has 0 bridgehead atoms. The summed E-state index contributed by atoms with van der Waals surface area (Å²) in [5.74, 6) is 0. The predicted octanol–water partition coefficient (Wildman–Crippen LogP) is 2.13. The standard InChI is InChI=1S/C8H6ClN3O2/c1-11-7-3-2-5(12(13)14)4-6(7)10-8(11)9/h2-4H,1H3. The predicted molar refractivity (Wildman–Crippen MR) is 52.4 cm³/mol. The number of non-ortho nitro benzene ring substituents is 1. The molecule has 0 aliphatic rings. The summed E-state index contributed by atoms with van der Waals surface area (Å²) >= 11 is 5.77. The minimum absolute atomic E-state index is 0.0206. The van der Waals surface area contributed by atoms with Crippen molar-refractivity contribution < 1.29 is 4.92 Å². The van der Waals surface area contributed by atoms with Crippen LogP contribution in [0.1, 0.15) is 0 Å². The van der Waals surface area contributed by atoms with E-state index in [-0.39, 0.29) is 5.69 Å². The minimum Gasteiger partial charge on any atom is -0.318 e. The zero-order valence-electron chi connectivity index (χ0n) is 7.27. The summed E-state index contributed by atoms with van der Waals surface area (Å²) in [6.07, 6.45) is 0. The molecule has 14 heavy (non-hydrogen) atoms. The van der Waals surface area contributed by atoms with Crippen molar-refractivity contribution in [2.45, 2.75) is 0 Å². The monoisotopic (exact) mass is 211 g/mol. The highest BCUT2D eigenvalue weighted by Crippen LogP contribution is 2.22. The van der Waals surface area contributed by atoms with Gasteiger partial charge in [0.2, 0.25) is 5.28 Å². The van der Waals surface area contributed by atoms with E-state index in [2.05, 4.69) is 4.98 Å². The summed E-state index contributed by atoms with van der Waals surface area (Å²) in [7, 11) is 1.75. The highest BCUT2D eigenvalue weighted by Gasteiger charge is 2.10. The van der Waals surface area contributed by atoms with Gasteiger partial charge >= 0.3 is 0 Å². The van der Waals surface area contributed by atoms with Crippen LogP contribution in [0.4, 0.5) is 5.69 Å². The second kappa shape index (κ2) is 2.95. The van der Waals surface area contributed by atoms with E-state index in [0.717, 1.165) is 5.52 Å². The third-order valence-electron chi connectivity index (χ3n) is 2.02. The Labute approximate surface area is 84.1 Å². The van der Waals surface area contributed by atoms with Gasteiger partial charge < -0.3 is 4.57 Å². The summed E-state index contributed by atoms with van der Waals surface area (Å²) < 4.78 is 1.67. The molecule has 0 saturated carbocycles. The molecule has 0 aliphatic carbocycles. The number of imidazole rings is 1. The lowest BCUT2D eigenvalue weighted by atomic mass is 10.3. The summed E-state index contributed by atoms with van der Waals surface area (Å²) in [5.41, 5.74) is 1.33. The van der Waals surface area contributed by atoms with E-state index in [9.17, 15) is 10.1 Å². The number of hydrogen-bond acceptors (Lipinski definition) is 3. The fraction of sp³-hybridized carbons (Fsp3) is 0.125. The molecule has 2 aromatic rings. The van der Waals surface area contributed by atoms with Crippen molar-refractivity contribution in [2.24, 2.45) is 7.05 Å². The van der Waals surface area contributed by atoms with E-state index < -0.39 is 4.92 Å². The lowest BCUT2D eigenvalue weighted by Gasteiger charge is -1.94. The largest absolute Gasteiger partial charge is 0.318 e. The van der Waals surface area contributed by atoms with E-state index in [1.165, 1.54) is 12.1 Å². The molecule has 0 saturated heterocycles. The van der Waals surface area contributed by atoms with Gasteiger partial charge in [-0.1, -0.05) is 0 Å². The fourth-order valence-corrected chi connectivity index (χ4v) is 1.45. The number of nitrogens with zero attached hydrogens (tertiary/aromatic N) is 3. The number of hydrogen-bond donors (Lipinski definition) is 0. The van der Waals surface area contributed by atoms with Crippen LogP contribution < -0.4 is 0 Å². The molecule has 0 aliphatic heterocycles. The van der Waals surface area contributed by atoms with Crippen LogP contribution in [0.25, 0.3) is 11.0 Å². The maximum absolute atomic E-state index is 10.5. The maximum Gasteiger partial charge on any atom is 0.271 e. The Kier molecular flexibility index (Phi) is 1.89. The first kappa shape index (κ1) is 8.96. The molecule has 0 radical (unpaired) electrons. The molecule has 6 heteroatoms. The van der Waals surface area contributed by atoms with Crippen LogP contribution in [0, 0.1) is 10.1 Å². The smallest absolute Gasteiger partial charge is 0.271 e. The van der Waals surface area contributed by atoms with E-state index in [1.54, 1.807) is 17.7 Å². The van der Waals surface area contributed by atoms with Gasteiger partial charge in [0.1, 0.15) is 0 Å². The van der Waals surface area contributed by atoms with Gasteiger partial charge in [0.15, 0.2) is 0 Å². The van der Waals surface area contributed by atoms with Gasteiger partial charge in [-0.2, -0.15) is 0 Å². The van der Waals surface area contributed by atoms with Crippen LogP contribution in [-0.2, 0) is 7.05 Å². The number of halogens is 1. The van der Waals surface area contributed by atoms with Gasteiger partial charge in [-0.3, -0.25) is 10.1 Å². The average molecular weight is 212 g/mol. The average Bonchev–Trinajstić information content (AvgIpc) is 2.42. The highest BCUT2D eigenvalue weighted by molar-refractivity contribution is 6.29. The van der Waals surface area contributed by atoms with E-state index in [1.807, 2.05) is 0 Å². The number of nitro benzene ring substituents is 1. The molecule has 5 nitrogen and oxygen atoms in total. The van der Waals surface area contributed by atoms with Crippen molar-refractivity contribution in [2.75, 3.05) is 0 Å². The maximum atomic E-state index is 10.5. The van der Waals surface area contributed by atoms with Gasteiger partial charge in [0, 0.05) is 19.2 Å². The van der Waals surface area contributed by atoms with Crippen LogP contribution in [-0.4, -0.2) is 14.5 Å². The summed E-state index contributed by atoms with van der Waals surface area (Å²) in [5, 5.41) is 10.8. The number of nitro groups is 1. The second-order valence-electron chi connectivity index (χ2n) is 2.87. The summed E-state index contributed by atoms with van der Waals surface area (Å²) in [4.78, 5) is 14.0. The van der Waals surface area contributed by atoms with Gasteiger partial charge in [0.25, 0.3) is 5.69 Å². The van der Waals surface area contributed by atoms with Crippen molar-refractivity contribution in [3.05, 3.63) is 33.6 Å². The zero-order valence-corrected chi connectivity index (χ0v) is 8.02. The zero-order chi connectivity index (χ0) is 10.3. The van der Waals surface area contributed by atoms with E-state index in [4.69, 9.17) is 11.6 Å². The van der Waals surface area contributed by atoms with Gasteiger partial charge in [-0.15, -0.1) is 0 Å². The molecule has 0 spiro atoms. The van der Waals surface area contributed by atoms with Crippen molar-refractivity contribution in [1.29, 1.82) is 0 Å². The first-order valence-corrected chi connectivity index (χ1v) is 4.24. The third kappa shape index (κ3) is 1.22. The Hall–Kier alpha value is -1.62. The first-order chi connectivity index (χ1) is 6.59. The van der Waals surface area contributed by atoms with Crippen molar-refractivity contribution in [1.82, 2.24) is 9.55 Å². The van der Waals surface area contributed by atoms with Crippen molar-refractivity contribution >= 4 is 28.3 Å². The fourth-order valence-electron chi connectivity index (χ4n) is 1.27. The molecule has 0 fully saturated rings. The Balaban J connectivity index is 2.73. The Morgan fingerprint density at radius 3 is 2.93 bits per heavy atom. The lowest BCUT2D eigenvalue weighted by Crippen LogP contribution is -1.88. The Bertz CT molecular complexity index is 521. The molecule has 0 unspecified atom stereocenters. The number of fused-ring (bicyclic) bond motifs is 1. The molecule has 1 aromatic carbocycles. The number of benzene rings is 1. The van der Waals surface area contributed by atoms with Crippen LogP contribution in [0.2, 0.25) is 5.28 Å². The quantitative estimate of drug-likeness (QED) is 0.536. The molecule has 0 N–H and O–H groups in total. The van der Waals surface area contributed by atoms with E-state index in [0.29, 0.717) is 10.8 Å². The molecule has 1 aromatic heterocycles. The second-order valence-corrected chi connectivity index (χ2v) is 3.21. The lowest BCUT2D eigenvalue weighted by molar-refractivity contribution is -0.384. The molecule has 0 amide bonds. The minimum atomic E-state index is -0.456. The SMILES string of the molecule is Cn1c(Cl)nc2cc([N+](=O)[O-])ccc21. The molecule has 1 heterocycles. The van der Waals surface area contributed by atoms with Crippen LogP contribution in [0.5, 0.6) is 0 Å². The van der Waals surface area contributed by atoms with Crippen molar-refractivity contribution in [3.8, 4) is 0 Å². The molecule has 2 rings (SSSR count). The number of aryl methyl sites for hydroxylation is 1. The Morgan fingerprint density at radius 2 is 2.29 bits per heavy atom. The van der Waals surface area contributed by atoms with Crippen LogP contribution in [0.15, 0.2) is 18.2 Å². The molecule has 72 valence electrons.